The van der Waals surface area contributed by atoms with E-state index in [1.54, 1.807) is 0 Å². The first-order valence-corrected chi connectivity index (χ1v) is 7.66. The Balaban J connectivity index is 2.33. The Morgan fingerprint density at radius 3 is 2.71 bits per heavy atom. The van der Waals surface area contributed by atoms with E-state index in [2.05, 4.69) is 9.51 Å². The number of nitrogens with one attached hydrogen (secondary N) is 1. The summed E-state index contributed by atoms with van der Waals surface area (Å²) in [5.74, 6) is 0. The second-order valence-corrected chi connectivity index (χ2v) is 5.89. The van der Waals surface area contributed by atoms with Crippen LogP contribution in [0.1, 0.15) is 6.23 Å². The number of aliphatic hydroxyl groups is 2. The molecule has 0 radical (unpaired) electrons. The van der Waals surface area contributed by atoms with Crippen LogP contribution in [-0.4, -0.2) is 54.5 Å². The summed E-state index contributed by atoms with van der Waals surface area (Å²) in [6.07, 6.45) is -4.03. The lowest BCUT2D eigenvalue weighted by Gasteiger charge is -2.20. The molecule has 1 aromatic rings. The zero-order valence-electron chi connectivity index (χ0n) is 10.4. The minimum Gasteiger partial charge on any atom is -0.394 e. The van der Waals surface area contributed by atoms with E-state index in [0.29, 0.717) is 0 Å². The van der Waals surface area contributed by atoms with Crippen LogP contribution in [0.15, 0.2) is 17.1 Å². The largest absolute Gasteiger partial charge is 0.470 e. The van der Waals surface area contributed by atoms with Crippen molar-refractivity contribution in [3.05, 3.63) is 27.4 Å². The van der Waals surface area contributed by atoms with Gasteiger partial charge in [0, 0.05) is 12.3 Å². The fraction of sp³-hybridized carbons (Fsp3) is 0.556. The summed E-state index contributed by atoms with van der Waals surface area (Å²) < 4.78 is 21.8. The summed E-state index contributed by atoms with van der Waals surface area (Å²) in [5.41, 5.74) is -0.453. The van der Waals surface area contributed by atoms with Gasteiger partial charge in [0.25, 0.3) is 5.56 Å². The topological polar surface area (TPSA) is 154 Å². The van der Waals surface area contributed by atoms with Crippen LogP contribution in [0.3, 0.4) is 0 Å². The maximum Gasteiger partial charge on any atom is 0.470 e. The number of hydrogen-bond acceptors (Lipinski definition) is 7. The van der Waals surface area contributed by atoms with E-state index in [0.717, 1.165) is 6.07 Å². The predicted octanol–water partition coefficient (Wildman–Crippen LogP) is -1.37. The minimum atomic E-state index is -4.88. The molecule has 0 aliphatic carbocycles. The lowest BCUT2D eigenvalue weighted by Crippen LogP contribution is -2.35. The number of hydrogen-bond donors (Lipinski definition) is 5. The highest BCUT2D eigenvalue weighted by atomic mass is 32.1. The fourth-order valence-electron chi connectivity index (χ4n) is 2.01. The van der Waals surface area contributed by atoms with Gasteiger partial charge in [0.15, 0.2) is 11.0 Å². The lowest BCUT2D eigenvalue weighted by molar-refractivity contribution is -0.0540. The zero-order valence-corrected chi connectivity index (χ0v) is 12.1. The minimum absolute atomic E-state index is 0.0555. The molecule has 4 atom stereocenters. The fourth-order valence-corrected chi connectivity index (χ4v) is 2.86. The number of aromatic nitrogens is 2. The van der Waals surface area contributed by atoms with Crippen molar-refractivity contribution in [1.29, 1.82) is 0 Å². The average Bonchev–Trinajstić information content (AvgIpc) is 2.65. The van der Waals surface area contributed by atoms with Crippen LogP contribution in [0.25, 0.3) is 0 Å². The molecule has 10 nitrogen and oxygen atoms in total. The molecule has 0 saturated carbocycles. The summed E-state index contributed by atoms with van der Waals surface area (Å²) in [5, 5.41) is 19.3. The Morgan fingerprint density at radius 1 is 1.52 bits per heavy atom. The second-order valence-electron chi connectivity index (χ2n) is 4.32. The third-order valence-electron chi connectivity index (χ3n) is 2.87. The summed E-state index contributed by atoms with van der Waals surface area (Å²) in [6.45, 7) is -0.630. The number of aliphatic hydroxyl groups excluding tert-OH is 2. The third-order valence-corrected chi connectivity index (χ3v) is 3.70. The molecule has 5 N–H and O–H groups in total. The molecule has 2 rings (SSSR count). The summed E-state index contributed by atoms with van der Waals surface area (Å²) >= 11 is 4.91. The highest BCUT2D eigenvalue weighted by Gasteiger charge is 2.48. The zero-order chi connectivity index (χ0) is 15.8. The summed E-state index contributed by atoms with van der Waals surface area (Å²) in [7, 11) is -4.88. The third kappa shape index (κ3) is 3.65. The summed E-state index contributed by atoms with van der Waals surface area (Å²) in [4.78, 5) is 31.1. The van der Waals surface area contributed by atoms with Gasteiger partial charge in [-0.05, 0) is 12.2 Å². The van der Waals surface area contributed by atoms with Crippen molar-refractivity contribution in [2.24, 2.45) is 0 Å². The van der Waals surface area contributed by atoms with Gasteiger partial charge in [-0.1, -0.05) is 0 Å². The molecular weight excluding hydrogens is 327 g/mol. The highest BCUT2D eigenvalue weighted by molar-refractivity contribution is 7.71. The molecule has 0 spiro atoms. The Bertz CT molecular complexity index is 668. The first-order chi connectivity index (χ1) is 9.73. The number of phosphoric ester groups is 1. The Morgan fingerprint density at radius 2 is 2.19 bits per heavy atom. The molecule has 2 heterocycles. The van der Waals surface area contributed by atoms with Gasteiger partial charge in [0.2, 0.25) is 0 Å². The van der Waals surface area contributed by atoms with Gasteiger partial charge in [0.05, 0.1) is 6.61 Å². The lowest BCUT2D eigenvalue weighted by atomic mass is 10.1. The van der Waals surface area contributed by atoms with E-state index in [9.17, 15) is 14.5 Å². The van der Waals surface area contributed by atoms with Crippen molar-refractivity contribution in [2.45, 2.75) is 24.5 Å². The number of ether oxygens (including phenoxy) is 1. The quantitative estimate of drug-likeness (QED) is 0.330. The predicted molar refractivity (Wildman–Crippen MR) is 69.8 cm³/mol. The van der Waals surface area contributed by atoms with E-state index < -0.39 is 44.5 Å². The van der Waals surface area contributed by atoms with Gasteiger partial charge >= 0.3 is 7.82 Å². The van der Waals surface area contributed by atoms with Crippen molar-refractivity contribution in [2.75, 3.05) is 6.61 Å². The molecule has 12 heteroatoms. The SMILES string of the molecule is O=c1ccn([C@@H]2O[C@H](CO)[C@@H](OP(=O)(O)O)[C@H]2O)c(=S)[nH]1. The highest BCUT2D eigenvalue weighted by Crippen LogP contribution is 2.43. The number of aromatic amines is 1. The number of phosphoric acid groups is 1. The maximum absolute atomic E-state index is 11.1. The van der Waals surface area contributed by atoms with Gasteiger partial charge in [-0.15, -0.1) is 0 Å². The van der Waals surface area contributed by atoms with E-state index in [4.69, 9.17) is 31.8 Å². The maximum atomic E-state index is 11.1. The monoisotopic (exact) mass is 340 g/mol. The first-order valence-electron chi connectivity index (χ1n) is 5.73. The normalized spacial score (nSPS) is 29.7. The molecular formula is C9H13N2O8PS. The molecule has 0 amide bonds. The van der Waals surface area contributed by atoms with Crippen LogP contribution in [0.2, 0.25) is 0 Å². The van der Waals surface area contributed by atoms with Gasteiger partial charge in [-0.2, -0.15) is 0 Å². The molecule has 21 heavy (non-hydrogen) atoms. The Kier molecular flexibility index (Phi) is 4.76. The van der Waals surface area contributed by atoms with Crippen molar-refractivity contribution in [1.82, 2.24) is 9.55 Å². The molecule has 0 bridgehead atoms. The van der Waals surface area contributed by atoms with Crippen LogP contribution >= 0.6 is 20.0 Å². The van der Waals surface area contributed by atoms with Gasteiger partial charge in [0.1, 0.15) is 18.3 Å². The van der Waals surface area contributed by atoms with Crippen LogP contribution in [-0.2, 0) is 13.8 Å². The van der Waals surface area contributed by atoms with E-state index >= 15 is 0 Å². The Labute approximate surface area is 122 Å². The molecule has 0 aromatic carbocycles. The van der Waals surface area contributed by atoms with E-state index in [-0.39, 0.29) is 4.77 Å². The van der Waals surface area contributed by atoms with Gasteiger partial charge < -0.3 is 24.7 Å². The molecule has 118 valence electrons. The standard InChI is InChI=1S/C9H13N2O8PS/c12-3-4-7(19-20(15,16)17)6(14)8(18-4)11-2-1-5(13)10-9(11)21/h1-2,4,6-8,12,14H,3H2,(H,10,13,21)(H2,15,16,17)/t4-,6-,7-,8-/m1/s1. The van der Waals surface area contributed by atoms with Crippen LogP contribution in [0.4, 0.5) is 0 Å². The van der Waals surface area contributed by atoms with E-state index in [1.165, 1.54) is 10.8 Å². The van der Waals surface area contributed by atoms with Gasteiger partial charge in [-0.3, -0.25) is 18.9 Å². The Hall–Kier alpha value is -0.910. The van der Waals surface area contributed by atoms with Crippen molar-refractivity contribution in [3.63, 3.8) is 0 Å². The van der Waals surface area contributed by atoms with Crippen molar-refractivity contribution >= 4 is 20.0 Å². The average molecular weight is 340 g/mol. The van der Waals surface area contributed by atoms with Crippen molar-refractivity contribution in [3.8, 4) is 0 Å². The molecule has 1 aromatic heterocycles. The molecule has 1 fully saturated rings. The number of rotatable bonds is 4. The smallest absolute Gasteiger partial charge is 0.394 e. The second kappa shape index (κ2) is 6.07. The van der Waals surface area contributed by atoms with Crippen molar-refractivity contribution < 1.29 is 33.8 Å². The van der Waals surface area contributed by atoms with Crippen LogP contribution in [0, 0.1) is 4.77 Å². The number of H-pyrrole nitrogens is 1. The molecule has 1 saturated heterocycles. The summed E-state index contributed by atoms with van der Waals surface area (Å²) in [6, 6.07) is 1.14. The van der Waals surface area contributed by atoms with Gasteiger partial charge in [-0.25, -0.2) is 4.57 Å². The number of nitrogens with zero attached hydrogens (tertiary/aromatic N) is 1. The molecule has 1 aliphatic rings. The van der Waals surface area contributed by atoms with Crippen LogP contribution in [0.5, 0.6) is 0 Å². The molecule has 1 aliphatic heterocycles. The van der Waals surface area contributed by atoms with E-state index in [1.807, 2.05) is 0 Å². The van der Waals surface area contributed by atoms with Crippen LogP contribution < -0.4 is 5.56 Å². The first kappa shape index (κ1) is 16.5. The molecule has 0 unspecified atom stereocenters.